The van der Waals surface area contributed by atoms with E-state index >= 15 is 0 Å². The maximum absolute atomic E-state index is 12.4. The monoisotopic (exact) mass is 441 g/mol. The molecule has 0 fully saturated rings. The second kappa shape index (κ2) is 9.32. The molecule has 1 aliphatic rings. The summed E-state index contributed by atoms with van der Waals surface area (Å²) < 4.78 is 15.5. The highest BCUT2D eigenvalue weighted by Gasteiger charge is 2.24. The van der Waals surface area contributed by atoms with E-state index in [1.54, 1.807) is 6.07 Å². The molecule has 0 spiro atoms. The van der Waals surface area contributed by atoms with Crippen molar-refractivity contribution in [3.05, 3.63) is 89.6 Å². The van der Waals surface area contributed by atoms with Crippen molar-refractivity contribution < 1.29 is 28.6 Å². The molecule has 7 nitrogen and oxygen atoms in total. The molecule has 4 rings (SSSR count). The van der Waals surface area contributed by atoms with Gasteiger partial charge in [0.05, 0.1) is 0 Å². The Kier molecular flexibility index (Phi) is 6.13. The standard InChI is InChI=1S/C26H19NO6/c1-16(28)31-23-13-8-18(15-24(23)32-17(2)29)14-22-26(30)33-25(27-22)21-11-9-20(10-12-21)19-6-4-3-5-7-19/h3-15H,1-2H3/b22-14-. The predicted molar refractivity (Wildman–Crippen MR) is 122 cm³/mol. The Balaban J connectivity index is 1.60. The molecule has 0 saturated heterocycles. The van der Waals surface area contributed by atoms with Crippen LogP contribution in [0.15, 0.2) is 83.5 Å². The molecule has 3 aromatic carbocycles. The number of benzene rings is 3. The zero-order valence-corrected chi connectivity index (χ0v) is 17.9. The average Bonchev–Trinajstić information content (AvgIpc) is 3.16. The van der Waals surface area contributed by atoms with Crippen LogP contribution in [0.1, 0.15) is 25.0 Å². The van der Waals surface area contributed by atoms with Gasteiger partial charge in [-0.3, -0.25) is 9.59 Å². The van der Waals surface area contributed by atoms with Gasteiger partial charge in [0.15, 0.2) is 17.2 Å². The van der Waals surface area contributed by atoms with Gasteiger partial charge in [0.1, 0.15) is 0 Å². The first-order valence-corrected chi connectivity index (χ1v) is 10.1. The van der Waals surface area contributed by atoms with Crippen LogP contribution in [0.2, 0.25) is 0 Å². The van der Waals surface area contributed by atoms with E-state index in [4.69, 9.17) is 14.2 Å². The highest BCUT2D eigenvalue weighted by atomic mass is 16.6. The number of hydrogen-bond donors (Lipinski definition) is 0. The highest BCUT2D eigenvalue weighted by Crippen LogP contribution is 2.30. The minimum Gasteiger partial charge on any atom is -0.423 e. The molecule has 0 unspecified atom stereocenters. The van der Waals surface area contributed by atoms with Crippen LogP contribution < -0.4 is 9.47 Å². The molecule has 1 heterocycles. The van der Waals surface area contributed by atoms with Gasteiger partial charge in [-0.2, -0.15) is 0 Å². The predicted octanol–water partition coefficient (Wildman–Crippen LogP) is 4.55. The molecule has 0 N–H and O–H groups in total. The third-order valence-electron chi connectivity index (χ3n) is 4.64. The van der Waals surface area contributed by atoms with Crippen molar-refractivity contribution in [3.8, 4) is 22.6 Å². The second-order valence-corrected chi connectivity index (χ2v) is 7.17. The van der Waals surface area contributed by atoms with E-state index in [1.165, 1.54) is 32.1 Å². The SMILES string of the molecule is CC(=O)Oc1ccc(/C=C2\N=C(c3ccc(-c4ccccc4)cc3)OC2=O)cc1OC(C)=O. The third-order valence-corrected chi connectivity index (χ3v) is 4.64. The van der Waals surface area contributed by atoms with Crippen molar-refractivity contribution in [2.75, 3.05) is 0 Å². The Hall–Kier alpha value is -4.52. The van der Waals surface area contributed by atoms with Crippen LogP contribution in [-0.2, 0) is 19.1 Å². The molecule has 1 aliphatic heterocycles. The molecule has 33 heavy (non-hydrogen) atoms. The maximum atomic E-state index is 12.4. The number of cyclic esters (lactones) is 1. The second-order valence-electron chi connectivity index (χ2n) is 7.17. The molecule has 7 heteroatoms. The molecule has 0 atom stereocenters. The van der Waals surface area contributed by atoms with Crippen molar-refractivity contribution in [3.63, 3.8) is 0 Å². The number of ether oxygens (including phenoxy) is 3. The quantitative estimate of drug-likeness (QED) is 0.328. The van der Waals surface area contributed by atoms with Crippen LogP contribution in [0.3, 0.4) is 0 Å². The summed E-state index contributed by atoms with van der Waals surface area (Å²) in [7, 11) is 0. The fraction of sp³-hybridized carbons (Fsp3) is 0.0769. The summed E-state index contributed by atoms with van der Waals surface area (Å²) >= 11 is 0. The normalized spacial score (nSPS) is 13.9. The smallest absolute Gasteiger partial charge is 0.363 e. The lowest BCUT2D eigenvalue weighted by molar-refractivity contribution is -0.134. The largest absolute Gasteiger partial charge is 0.423 e. The molecule has 0 amide bonds. The molecular weight excluding hydrogens is 422 g/mol. The van der Waals surface area contributed by atoms with Crippen molar-refractivity contribution in [1.29, 1.82) is 0 Å². The van der Waals surface area contributed by atoms with Crippen molar-refractivity contribution in [2.24, 2.45) is 4.99 Å². The van der Waals surface area contributed by atoms with Crippen molar-refractivity contribution in [1.82, 2.24) is 0 Å². The van der Waals surface area contributed by atoms with Gasteiger partial charge in [0.2, 0.25) is 5.90 Å². The summed E-state index contributed by atoms with van der Waals surface area (Å²) in [5.74, 6) is -1.39. The van der Waals surface area contributed by atoms with Gasteiger partial charge in [-0.1, -0.05) is 48.5 Å². The summed E-state index contributed by atoms with van der Waals surface area (Å²) in [5.41, 5.74) is 3.38. The van der Waals surface area contributed by atoms with Gasteiger partial charge in [-0.05, 0) is 47.0 Å². The van der Waals surface area contributed by atoms with Crippen LogP contribution in [0.5, 0.6) is 11.5 Å². The van der Waals surface area contributed by atoms with Gasteiger partial charge in [0, 0.05) is 19.4 Å². The third kappa shape index (κ3) is 5.22. The first kappa shape index (κ1) is 21.7. The summed E-state index contributed by atoms with van der Waals surface area (Å²) in [6, 6.07) is 22.0. The van der Waals surface area contributed by atoms with Gasteiger partial charge < -0.3 is 14.2 Å². The van der Waals surface area contributed by atoms with E-state index in [9.17, 15) is 14.4 Å². The molecule has 0 aliphatic carbocycles. The molecule has 0 radical (unpaired) electrons. The zero-order valence-electron chi connectivity index (χ0n) is 17.9. The van der Waals surface area contributed by atoms with Crippen LogP contribution in [0, 0.1) is 0 Å². The Bertz CT molecular complexity index is 1290. The fourth-order valence-electron chi connectivity index (χ4n) is 3.21. The number of aliphatic imine (C=N–C) groups is 1. The van der Waals surface area contributed by atoms with Crippen LogP contribution in [0.4, 0.5) is 0 Å². The summed E-state index contributed by atoms with van der Waals surface area (Å²) in [6.07, 6.45) is 1.50. The number of esters is 3. The summed E-state index contributed by atoms with van der Waals surface area (Å²) in [4.78, 5) is 39.4. The van der Waals surface area contributed by atoms with Gasteiger partial charge in [-0.25, -0.2) is 9.79 Å². The number of carbonyl (C=O) groups is 3. The summed E-state index contributed by atoms with van der Waals surface area (Å²) in [6.45, 7) is 2.47. The number of carbonyl (C=O) groups excluding carboxylic acids is 3. The van der Waals surface area contributed by atoms with E-state index in [2.05, 4.69) is 4.99 Å². The molecular formula is C26H19NO6. The van der Waals surface area contributed by atoms with Crippen molar-refractivity contribution >= 4 is 29.9 Å². The van der Waals surface area contributed by atoms with Gasteiger partial charge >= 0.3 is 17.9 Å². The number of rotatable bonds is 5. The molecule has 3 aromatic rings. The Morgan fingerprint density at radius 2 is 1.39 bits per heavy atom. The topological polar surface area (TPSA) is 91.3 Å². The Morgan fingerprint density at radius 3 is 2.06 bits per heavy atom. The van der Waals surface area contributed by atoms with Crippen LogP contribution in [-0.4, -0.2) is 23.8 Å². The lowest BCUT2D eigenvalue weighted by Gasteiger charge is -2.09. The van der Waals surface area contributed by atoms with E-state index in [0.29, 0.717) is 11.1 Å². The first-order chi connectivity index (χ1) is 15.9. The maximum Gasteiger partial charge on any atom is 0.363 e. The molecule has 0 saturated carbocycles. The van der Waals surface area contributed by atoms with Crippen LogP contribution in [0.25, 0.3) is 17.2 Å². The van der Waals surface area contributed by atoms with Gasteiger partial charge in [0.25, 0.3) is 0 Å². The Labute approximate surface area is 189 Å². The number of hydrogen-bond acceptors (Lipinski definition) is 7. The fourth-order valence-corrected chi connectivity index (χ4v) is 3.21. The number of nitrogens with zero attached hydrogens (tertiary/aromatic N) is 1. The minimum atomic E-state index is -0.602. The van der Waals surface area contributed by atoms with E-state index < -0.39 is 17.9 Å². The first-order valence-electron chi connectivity index (χ1n) is 10.1. The Morgan fingerprint density at radius 1 is 0.788 bits per heavy atom. The van der Waals surface area contributed by atoms with Crippen molar-refractivity contribution in [2.45, 2.75) is 13.8 Å². The van der Waals surface area contributed by atoms with Gasteiger partial charge in [-0.15, -0.1) is 0 Å². The molecule has 0 aromatic heterocycles. The lowest BCUT2D eigenvalue weighted by Crippen LogP contribution is -2.07. The van der Waals surface area contributed by atoms with E-state index in [-0.39, 0.29) is 23.1 Å². The highest BCUT2D eigenvalue weighted by molar-refractivity contribution is 6.13. The molecule has 0 bridgehead atoms. The van der Waals surface area contributed by atoms with E-state index in [1.807, 2.05) is 54.6 Å². The zero-order chi connectivity index (χ0) is 23.4. The lowest BCUT2D eigenvalue weighted by atomic mass is 10.0. The average molecular weight is 441 g/mol. The minimum absolute atomic E-state index is 0.0547. The molecule has 164 valence electrons. The van der Waals surface area contributed by atoms with E-state index in [0.717, 1.165) is 11.1 Å². The van der Waals surface area contributed by atoms with Crippen LogP contribution >= 0.6 is 0 Å². The summed E-state index contributed by atoms with van der Waals surface area (Å²) in [5, 5.41) is 0.